The lowest BCUT2D eigenvalue weighted by molar-refractivity contribution is 0.229. The SMILES string of the molecule is C1CCN(CCNCCC2CC2)CC1. The van der Waals surface area contributed by atoms with Gasteiger partial charge in [0.2, 0.25) is 0 Å². The fraction of sp³-hybridized carbons (Fsp3) is 1.00. The van der Waals surface area contributed by atoms with Crippen molar-refractivity contribution in [1.82, 2.24) is 10.2 Å². The fourth-order valence-corrected chi connectivity index (χ4v) is 2.26. The molecule has 0 aromatic rings. The molecular formula is C12H24N2. The van der Waals surface area contributed by atoms with Crippen LogP contribution in [0.4, 0.5) is 0 Å². The van der Waals surface area contributed by atoms with Gasteiger partial charge in [0.15, 0.2) is 0 Å². The maximum atomic E-state index is 3.56. The predicted octanol–water partition coefficient (Wildman–Crippen LogP) is 1.86. The van der Waals surface area contributed by atoms with Gasteiger partial charge in [-0.15, -0.1) is 0 Å². The average Bonchev–Trinajstić information content (AvgIpc) is 3.03. The monoisotopic (exact) mass is 196 g/mol. The number of nitrogens with one attached hydrogen (secondary N) is 1. The Morgan fingerprint density at radius 2 is 1.79 bits per heavy atom. The summed E-state index contributed by atoms with van der Waals surface area (Å²) in [5.41, 5.74) is 0. The molecule has 1 aliphatic carbocycles. The van der Waals surface area contributed by atoms with Crippen LogP contribution < -0.4 is 5.32 Å². The summed E-state index contributed by atoms with van der Waals surface area (Å²) in [6.07, 6.45) is 8.69. The van der Waals surface area contributed by atoms with Crippen LogP contribution in [0.3, 0.4) is 0 Å². The zero-order chi connectivity index (χ0) is 9.64. The van der Waals surface area contributed by atoms with Gasteiger partial charge in [0.25, 0.3) is 0 Å². The molecule has 0 spiro atoms. The minimum atomic E-state index is 1.08. The first kappa shape index (κ1) is 10.4. The van der Waals surface area contributed by atoms with E-state index < -0.39 is 0 Å². The third-order valence-electron chi connectivity index (χ3n) is 3.48. The molecule has 0 aromatic heterocycles. The second-order valence-electron chi connectivity index (χ2n) is 4.88. The molecule has 1 aliphatic heterocycles. The molecule has 2 heteroatoms. The molecule has 0 amide bonds. The Morgan fingerprint density at radius 1 is 1.00 bits per heavy atom. The number of likely N-dealkylation sites (tertiary alicyclic amines) is 1. The lowest BCUT2D eigenvalue weighted by atomic mass is 10.1. The summed E-state index contributed by atoms with van der Waals surface area (Å²) in [5, 5.41) is 3.56. The van der Waals surface area contributed by atoms with Crippen LogP contribution in [0.2, 0.25) is 0 Å². The molecule has 2 rings (SSSR count). The van der Waals surface area contributed by atoms with Gasteiger partial charge >= 0.3 is 0 Å². The Bertz CT molecular complexity index is 148. The molecule has 2 aliphatic rings. The molecule has 0 radical (unpaired) electrons. The lowest BCUT2D eigenvalue weighted by Gasteiger charge is -2.26. The fourth-order valence-electron chi connectivity index (χ4n) is 2.26. The van der Waals surface area contributed by atoms with Crippen LogP contribution in [0.15, 0.2) is 0 Å². The van der Waals surface area contributed by atoms with Crippen LogP contribution in [0, 0.1) is 5.92 Å². The first-order valence-corrected chi connectivity index (χ1v) is 6.38. The smallest absolute Gasteiger partial charge is 0.0107 e. The second-order valence-corrected chi connectivity index (χ2v) is 4.88. The van der Waals surface area contributed by atoms with Crippen LogP contribution in [0.5, 0.6) is 0 Å². The van der Waals surface area contributed by atoms with Crippen LogP contribution in [-0.2, 0) is 0 Å². The molecule has 0 aromatic carbocycles. The highest BCUT2D eigenvalue weighted by molar-refractivity contribution is 4.74. The van der Waals surface area contributed by atoms with E-state index in [2.05, 4.69) is 10.2 Å². The summed E-state index contributed by atoms with van der Waals surface area (Å²) < 4.78 is 0. The minimum absolute atomic E-state index is 1.08. The quantitative estimate of drug-likeness (QED) is 0.652. The largest absolute Gasteiger partial charge is 0.315 e. The van der Waals surface area contributed by atoms with E-state index in [1.807, 2.05) is 0 Å². The van der Waals surface area contributed by atoms with E-state index in [4.69, 9.17) is 0 Å². The second kappa shape index (κ2) is 5.72. The molecule has 0 bridgehead atoms. The Hall–Kier alpha value is -0.0800. The van der Waals surface area contributed by atoms with E-state index in [1.165, 1.54) is 71.2 Å². The van der Waals surface area contributed by atoms with E-state index in [-0.39, 0.29) is 0 Å². The maximum Gasteiger partial charge on any atom is 0.0107 e. The number of nitrogens with zero attached hydrogens (tertiary/aromatic N) is 1. The van der Waals surface area contributed by atoms with Gasteiger partial charge in [0, 0.05) is 13.1 Å². The average molecular weight is 196 g/mol. The molecule has 14 heavy (non-hydrogen) atoms. The van der Waals surface area contributed by atoms with Crippen molar-refractivity contribution in [2.75, 3.05) is 32.7 Å². The van der Waals surface area contributed by atoms with Crippen LogP contribution in [0.25, 0.3) is 0 Å². The highest BCUT2D eigenvalue weighted by Gasteiger charge is 2.19. The molecule has 2 nitrogen and oxygen atoms in total. The van der Waals surface area contributed by atoms with Crippen molar-refractivity contribution >= 4 is 0 Å². The molecule has 1 saturated carbocycles. The van der Waals surface area contributed by atoms with Crippen molar-refractivity contribution in [1.29, 1.82) is 0 Å². The van der Waals surface area contributed by atoms with Crippen LogP contribution in [-0.4, -0.2) is 37.6 Å². The van der Waals surface area contributed by atoms with Gasteiger partial charge in [-0.25, -0.2) is 0 Å². The molecule has 0 atom stereocenters. The molecule has 0 unspecified atom stereocenters. The third-order valence-corrected chi connectivity index (χ3v) is 3.48. The zero-order valence-electron chi connectivity index (χ0n) is 9.30. The molecule has 2 fully saturated rings. The summed E-state index contributed by atoms with van der Waals surface area (Å²) in [4.78, 5) is 2.60. The Kier molecular flexibility index (Phi) is 4.26. The summed E-state index contributed by atoms with van der Waals surface area (Å²) in [7, 11) is 0. The van der Waals surface area contributed by atoms with Gasteiger partial charge in [-0.3, -0.25) is 0 Å². The van der Waals surface area contributed by atoms with Gasteiger partial charge < -0.3 is 10.2 Å². The van der Waals surface area contributed by atoms with E-state index in [0.717, 1.165) is 5.92 Å². The van der Waals surface area contributed by atoms with Gasteiger partial charge in [-0.1, -0.05) is 19.3 Å². The normalized spacial score (nSPS) is 24.0. The van der Waals surface area contributed by atoms with E-state index in [9.17, 15) is 0 Å². The maximum absolute atomic E-state index is 3.56. The molecular weight excluding hydrogens is 172 g/mol. The summed E-state index contributed by atoms with van der Waals surface area (Å²) in [6.45, 7) is 6.39. The molecule has 82 valence electrons. The van der Waals surface area contributed by atoms with Gasteiger partial charge in [0.1, 0.15) is 0 Å². The highest BCUT2D eigenvalue weighted by Crippen LogP contribution is 2.31. The Labute approximate surface area is 88.1 Å². The van der Waals surface area contributed by atoms with E-state index in [1.54, 1.807) is 0 Å². The standard InChI is InChI=1S/C12H24N2/c1-2-9-14(10-3-1)11-8-13-7-6-12-4-5-12/h12-13H,1-11H2. The van der Waals surface area contributed by atoms with Crippen molar-refractivity contribution in [3.05, 3.63) is 0 Å². The number of rotatable bonds is 6. The number of piperidine rings is 1. The van der Waals surface area contributed by atoms with Crippen molar-refractivity contribution in [2.45, 2.75) is 38.5 Å². The third kappa shape index (κ3) is 3.97. The summed E-state index contributed by atoms with van der Waals surface area (Å²) in [5.74, 6) is 1.08. The summed E-state index contributed by atoms with van der Waals surface area (Å²) >= 11 is 0. The summed E-state index contributed by atoms with van der Waals surface area (Å²) in [6, 6.07) is 0. The number of hydrogen-bond donors (Lipinski definition) is 1. The Morgan fingerprint density at radius 3 is 2.50 bits per heavy atom. The predicted molar refractivity (Wildman–Crippen MR) is 60.5 cm³/mol. The first-order chi connectivity index (χ1) is 6.95. The minimum Gasteiger partial charge on any atom is -0.315 e. The lowest BCUT2D eigenvalue weighted by Crippen LogP contribution is -2.36. The molecule has 1 heterocycles. The van der Waals surface area contributed by atoms with Crippen molar-refractivity contribution < 1.29 is 0 Å². The molecule has 1 N–H and O–H groups in total. The van der Waals surface area contributed by atoms with Gasteiger partial charge in [-0.05, 0) is 44.8 Å². The van der Waals surface area contributed by atoms with Crippen molar-refractivity contribution in [3.63, 3.8) is 0 Å². The van der Waals surface area contributed by atoms with E-state index >= 15 is 0 Å². The highest BCUT2D eigenvalue weighted by atomic mass is 15.1. The molecule has 1 saturated heterocycles. The van der Waals surface area contributed by atoms with Gasteiger partial charge in [0.05, 0.1) is 0 Å². The van der Waals surface area contributed by atoms with Crippen molar-refractivity contribution in [2.24, 2.45) is 5.92 Å². The van der Waals surface area contributed by atoms with Crippen molar-refractivity contribution in [3.8, 4) is 0 Å². The van der Waals surface area contributed by atoms with Crippen LogP contribution in [0.1, 0.15) is 38.5 Å². The zero-order valence-corrected chi connectivity index (χ0v) is 9.30. The number of hydrogen-bond acceptors (Lipinski definition) is 2. The first-order valence-electron chi connectivity index (χ1n) is 6.38. The topological polar surface area (TPSA) is 15.3 Å². The van der Waals surface area contributed by atoms with Crippen LogP contribution >= 0.6 is 0 Å². The van der Waals surface area contributed by atoms with E-state index in [0.29, 0.717) is 0 Å². The Balaban J connectivity index is 1.41. The van der Waals surface area contributed by atoms with Gasteiger partial charge in [-0.2, -0.15) is 0 Å².